The zero-order valence-electron chi connectivity index (χ0n) is 31.3. The molecule has 0 N–H and O–H groups in total. The lowest BCUT2D eigenvalue weighted by atomic mass is 9.78. The van der Waals surface area contributed by atoms with Crippen LogP contribution in [0.5, 0.6) is 0 Å². The molecular formula is C50H52N2O2. The van der Waals surface area contributed by atoms with Crippen LogP contribution in [0.3, 0.4) is 0 Å². The van der Waals surface area contributed by atoms with Gasteiger partial charge in [0.1, 0.15) is 0 Å². The minimum Gasteiger partial charge on any atom is -0.334 e. The zero-order valence-corrected chi connectivity index (χ0v) is 31.3. The summed E-state index contributed by atoms with van der Waals surface area (Å²) in [7, 11) is 0. The predicted octanol–water partition coefficient (Wildman–Crippen LogP) is 10.7. The highest BCUT2D eigenvalue weighted by molar-refractivity contribution is 5.78. The molecule has 0 aliphatic carbocycles. The zero-order chi connectivity index (χ0) is 37.2. The molecule has 0 unspecified atom stereocenters. The van der Waals surface area contributed by atoms with E-state index >= 15 is 0 Å². The SMILES string of the molecule is O=C(C[C@@H](CCc1ccccc1)[C@H](CCc1ccccc1)CC(=O)N(Cc1ccccc1)Cc1ccccc1)N(Cc1ccccc1)Cc1ccccc1. The summed E-state index contributed by atoms with van der Waals surface area (Å²) in [5.74, 6) is 0.274. The van der Waals surface area contributed by atoms with Crippen molar-refractivity contribution in [2.24, 2.45) is 11.8 Å². The highest BCUT2D eigenvalue weighted by Crippen LogP contribution is 2.32. The summed E-state index contributed by atoms with van der Waals surface area (Å²) in [6, 6.07) is 62.1. The minimum atomic E-state index is 0.00900. The van der Waals surface area contributed by atoms with Gasteiger partial charge >= 0.3 is 0 Å². The van der Waals surface area contributed by atoms with Crippen LogP contribution in [0.1, 0.15) is 59.1 Å². The number of carbonyl (C=O) groups is 2. The van der Waals surface area contributed by atoms with Crippen molar-refractivity contribution in [2.45, 2.75) is 64.7 Å². The largest absolute Gasteiger partial charge is 0.334 e. The third kappa shape index (κ3) is 12.2. The molecule has 6 aromatic carbocycles. The van der Waals surface area contributed by atoms with Crippen molar-refractivity contribution in [3.63, 3.8) is 0 Å². The van der Waals surface area contributed by atoms with Gasteiger partial charge in [-0.05, 0) is 70.9 Å². The Morgan fingerprint density at radius 3 is 0.796 bits per heavy atom. The number of benzene rings is 6. The second-order valence-corrected chi connectivity index (χ2v) is 14.4. The molecule has 0 bridgehead atoms. The van der Waals surface area contributed by atoms with Crippen molar-refractivity contribution in [1.29, 1.82) is 0 Å². The number of rotatable bonds is 19. The summed E-state index contributed by atoms with van der Waals surface area (Å²) in [6.07, 6.45) is 4.12. The average molecular weight is 713 g/mol. The van der Waals surface area contributed by atoms with Crippen LogP contribution in [-0.4, -0.2) is 21.6 Å². The highest BCUT2D eigenvalue weighted by Gasteiger charge is 2.30. The molecule has 274 valence electrons. The van der Waals surface area contributed by atoms with Gasteiger partial charge in [0.15, 0.2) is 0 Å². The molecule has 0 saturated carbocycles. The normalized spacial score (nSPS) is 12.1. The maximum Gasteiger partial charge on any atom is 0.223 e. The fraction of sp³-hybridized carbons (Fsp3) is 0.240. The predicted molar refractivity (Wildman–Crippen MR) is 220 cm³/mol. The summed E-state index contributed by atoms with van der Waals surface area (Å²) >= 11 is 0. The Labute approximate surface area is 322 Å². The van der Waals surface area contributed by atoms with Crippen LogP contribution in [0.25, 0.3) is 0 Å². The Balaban J connectivity index is 1.30. The number of aryl methyl sites for hydroxylation is 2. The van der Waals surface area contributed by atoms with Crippen LogP contribution in [0.4, 0.5) is 0 Å². The second-order valence-electron chi connectivity index (χ2n) is 14.4. The first-order valence-corrected chi connectivity index (χ1v) is 19.4. The van der Waals surface area contributed by atoms with Gasteiger partial charge in [-0.2, -0.15) is 0 Å². The first-order chi connectivity index (χ1) is 26.6. The molecule has 0 aromatic heterocycles. The van der Waals surface area contributed by atoms with Crippen LogP contribution in [-0.2, 0) is 48.6 Å². The third-order valence-electron chi connectivity index (χ3n) is 10.4. The van der Waals surface area contributed by atoms with Crippen molar-refractivity contribution >= 4 is 11.8 Å². The fourth-order valence-corrected chi connectivity index (χ4v) is 7.39. The molecule has 0 spiro atoms. The standard InChI is InChI=1S/C50H52N2O2/c53-49(51(37-43-23-11-3-12-24-43)38-44-25-13-4-14-26-44)35-47(33-31-41-19-7-1-8-20-41)48(34-32-42-21-9-2-10-22-42)36-50(54)52(39-45-27-15-5-16-28-45)40-46-29-17-6-18-30-46/h1-30,47-48H,31-40H2/t47-,48-/m1/s1. The molecule has 6 aromatic rings. The van der Waals surface area contributed by atoms with Crippen molar-refractivity contribution in [3.8, 4) is 0 Å². The molecule has 4 heteroatoms. The van der Waals surface area contributed by atoms with Crippen LogP contribution >= 0.6 is 0 Å². The quantitative estimate of drug-likeness (QED) is 0.0839. The molecule has 6 rings (SSSR count). The van der Waals surface area contributed by atoms with E-state index in [2.05, 4.69) is 97.1 Å². The lowest BCUT2D eigenvalue weighted by Crippen LogP contribution is -2.36. The lowest BCUT2D eigenvalue weighted by molar-refractivity contribution is -0.137. The van der Waals surface area contributed by atoms with E-state index in [4.69, 9.17) is 0 Å². The number of nitrogens with zero attached hydrogens (tertiary/aromatic N) is 2. The van der Waals surface area contributed by atoms with Crippen LogP contribution in [0.2, 0.25) is 0 Å². The monoisotopic (exact) mass is 712 g/mol. The van der Waals surface area contributed by atoms with E-state index in [1.807, 2.05) is 94.7 Å². The van der Waals surface area contributed by atoms with Crippen molar-refractivity contribution in [1.82, 2.24) is 9.80 Å². The molecule has 0 saturated heterocycles. The molecule has 0 heterocycles. The van der Waals surface area contributed by atoms with E-state index in [0.29, 0.717) is 39.0 Å². The van der Waals surface area contributed by atoms with Gasteiger partial charge in [-0.25, -0.2) is 0 Å². The molecule has 2 atom stereocenters. The number of carbonyl (C=O) groups excluding carboxylic acids is 2. The highest BCUT2D eigenvalue weighted by atomic mass is 16.2. The average Bonchev–Trinajstić information content (AvgIpc) is 3.22. The second kappa shape index (κ2) is 20.5. The Hall–Kier alpha value is -5.74. The Morgan fingerprint density at radius 2 is 0.556 bits per heavy atom. The summed E-state index contributed by atoms with van der Waals surface area (Å²) in [4.78, 5) is 33.4. The van der Waals surface area contributed by atoms with Gasteiger partial charge in [-0.3, -0.25) is 9.59 Å². The van der Waals surface area contributed by atoms with E-state index in [9.17, 15) is 9.59 Å². The number of hydrogen-bond acceptors (Lipinski definition) is 2. The Bertz CT molecular complexity index is 1720. The molecule has 0 radical (unpaired) electrons. The van der Waals surface area contributed by atoms with Crippen LogP contribution in [0.15, 0.2) is 182 Å². The van der Waals surface area contributed by atoms with Gasteiger partial charge in [0.25, 0.3) is 0 Å². The van der Waals surface area contributed by atoms with E-state index in [-0.39, 0.29) is 23.7 Å². The molecular weight excluding hydrogens is 661 g/mol. The van der Waals surface area contributed by atoms with Crippen molar-refractivity contribution in [2.75, 3.05) is 0 Å². The van der Waals surface area contributed by atoms with Gasteiger partial charge in [-0.1, -0.05) is 182 Å². The smallest absolute Gasteiger partial charge is 0.223 e. The molecule has 0 aliphatic rings. The Kier molecular flexibility index (Phi) is 14.4. The maximum atomic E-state index is 14.7. The molecule has 2 amide bonds. The van der Waals surface area contributed by atoms with Gasteiger partial charge < -0.3 is 9.80 Å². The summed E-state index contributed by atoms with van der Waals surface area (Å²) in [6.45, 7) is 2.15. The van der Waals surface area contributed by atoms with Crippen molar-refractivity contribution in [3.05, 3.63) is 215 Å². The van der Waals surface area contributed by atoms with Gasteiger partial charge in [0.05, 0.1) is 0 Å². The van der Waals surface area contributed by atoms with E-state index in [1.54, 1.807) is 0 Å². The molecule has 54 heavy (non-hydrogen) atoms. The van der Waals surface area contributed by atoms with Crippen molar-refractivity contribution < 1.29 is 9.59 Å². The molecule has 0 fully saturated rings. The number of amides is 2. The van der Waals surface area contributed by atoms with Gasteiger partial charge in [-0.15, -0.1) is 0 Å². The first kappa shape index (κ1) is 38.0. The summed E-state index contributed by atoms with van der Waals surface area (Å²) < 4.78 is 0. The van der Waals surface area contributed by atoms with E-state index in [0.717, 1.165) is 47.9 Å². The van der Waals surface area contributed by atoms with Crippen LogP contribution in [0, 0.1) is 11.8 Å². The minimum absolute atomic E-state index is 0.00900. The third-order valence-corrected chi connectivity index (χ3v) is 10.4. The maximum absolute atomic E-state index is 14.7. The molecule has 4 nitrogen and oxygen atoms in total. The topological polar surface area (TPSA) is 40.6 Å². The summed E-state index contributed by atoms with van der Waals surface area (Å²) in [5.41, 5.74) is 6.94. The van der Waals surface area contributed by atoms with E-state index < -0.39 is 0 Å². The first-order valence-electron chi connectivity index (χ1n) is 19.4. The lowest BCUT2D eigenvalue weighted by Gasteiger charge is -2.32. The Morgan fingerprint density at radius 1 is 0.333 bits per heavy atom. The van der Waals surface area contributed by atoms with Gasteiger partial charge in [0.2, 0.25) is 11.8 Å². The van der Waals surface area contributed by atoms with E-state index in [1.165, 1.54) is 11.1 Å². The van der Waals surface area contributed by atoms with Gasteiger partial charge in [0, 0.05) is 39.0 Å². The fourth-order valence-electron chi connectivity index (χ4n) is 7.39. The molecule has 0 aliphatic heterocycles. The number of hydrogen-bond donors (Lipinski definition) is 0. The van der Waals surface area contributed by atoms with Crippen LogP contribution < -0.4 is 0 Å². The summed E-state index contributed by atoms with van der Waals surface area (Å²) in [5, 5.41) is 0.